The van der Waals surface area contributed by atoms with Crippen molar-refractivity contribution >= 4 is 39.5 Å². The first-order valence-electron chi connectivity index (χ1n) is 8.11. The SMILES string of the molecule is O=C(OCc1cc(=O)oc2cc3c(cc12)CCC3)c1ccc(I)cc1. The number of carbonyl (C=O) groups is 1. The molecular formula is C20H15IO4. The van der Waals surface area contributed by atoms with E-state index in [0.29, 0.717) is 16.7 Å². The highest BCUT2D eigenvalue weighted by atomic mass is 127. The van der Waals surface area contributed by atoms with Gasteiger partial charge >= 0.3 is 11.6 Å². The third-order valence-electron chi connectivity index (χ3n) is 4.48. The molecule has 1 aliphatic rings. The minimum Gasteiger partial charge on any atom is -0.457 e. The van der Waals surface area contributed by atoms with E-state index in [2.05, 4.69) is 28.7 Å². The van der Waals surface area contributed by atoms with Crippen LogP contribution in [0.25, 0.3) is 11.0 Å². The van der Waals surface area contributed by atoms with E-state index in [0.717, 1.165) is 28.2 Å². The van der Waals surface area contributed by atoms with E-state index in [9.17, 15) is 9.59 Å². The van der Waals surface area contributed by atoms with Crippen LogP contribution in [0.15, 0.2) is 51.7 Å². The molecule has 0 amide bonds. The zero-order valence-corrected chi connectivity index (χ0v) is 15.5. The first kappa shape index (κ1) is 16.3. The number of hydrogen-bond donors (Lipinski definition) is 0. The Labute approximate surface area is 157 Å². The standard InChI is InChI=1S/C20H15IO4/c21-16-6-4-12(5-7-16)20(23)24-11-15-10-19(22)25-18-9-14-3-1-2-13(14)8-17(15)18/h4-10H,1-3,11H2. The van der Waals surface area contributed by atoms with E-state index in [-0.39, 0.29) is 6.61 Å². The maximum Gasteiger partial charge on any atom is 0.338 e. The molecule has 0 bridgehead atoms. The van der Waals surface area contributed by atoms with Crippen molar-refractivity contribution in [1.29, 1.82) is 0 Å². The summed E-state index contributed by atoms with van der Waals surface area (Å²) in [4.78, 5) is 24.1. The molecule has 0 atom stereocenters. The van der Waals surface area contributed by atoms with Crippen molar-refractivity contribution in [3.05, 3.63) is 78.7 Å². The average molecular weight is 446 g/mol. The molecule has 4 nitrogen and oxygen atoms in total. The Balaban J connectivity index is 1.63. The number of aryl methyl sites for hydroxylation is 2. The minimum atomic E-state index is -0.425. The summed E-state index contributed by atoms with van der Waals surface area (Å²) in [5.74, 6) is -0.404. The molecule has 0 N–H and O–H groups in total. The van der Waals surface area contributed by atoms with Crippen LogP contribution in [0.2, 0.25) is 0 Å². The summed E-state index contributed by atoms with van der Waals surface area (Å²) < 4.78 is 11.8. The van der Waals surface area contributed by atoms with Crippen LogP contribution in [0.4, 0.5) is 0 Å². The van der Waals surface area contributed by atoms with Gasteiger partial charge in [-0.05, 0) is 89.4 Å². The number of esters is 1. The zero-order chi connectivity index (χ0) is 17.4. The van der Waals surface area contributed by atoms with Gasteiger partial charge in [0.05, 0.1) is 5.56 Å². The van der Waals surface area contributed by atoms with Crippen LogP contribution in [0.5, 0.6) is 0 Å². The monoisotopic (exact) mass is 446 g/mol. The van der Waals surface area contributed by atoms with Gasteiger partial charge in [0.15, 0.2) is 0 Å². The van der Waals surface area contributed by atoms with Gasteiger partial charge in [0.2, 0.25) is 0 Å². The molecule has 0 aliphatic heterocycles. The summed E-state index contributed by atoms with van der Waals surface area (Å²) in [7, 11) is 0. The van der Waals surface area contributed by atoms with Crippen molar-refractivity contribution in [2.45, 2.75) is 25.9 Å². The highest BCUT2D eigenvalue weighted by molar-refractivity contribution is 14.1. The Morgan fingerprint density at radius 3 is 2.56 bits per heavy atom. The number of fused-ring (bicyclic) bond motifs is 2. The lowest BCUT2D eigenvalue weighted by atomic mass is 10.0. The van der Waals surface area contributed by atoms with Gasteiger partial charge in [-0.3, -0.25) is 0 Å². The maximum atomic E-state index is 12.2. The van der Waals surface area contributed by atoms with Gasteiger partial charge in [-0.1, -0.05) is 0 Å². The highest BCUT2D eigenvalue weighted by Gasteiger charge is 2.16. The number of hydrogen-bond acceptors (Lipinski definition) is 4. The van der Waals surface area contributed by atoms with E-state index in [1.54, 1.807) is 12.1 Å². The van der Waals surface area contributed by atoms with Gasteiger partial charge in [-0.25, -0.2) is 9.59 Å². The van der Waals surface area contributed by atoms with Crippen molar-refractivity contribution in [3.63, 3.8) is 0 Å². The third-order valence-corrected chi connectivity index (χ3v) is 5.20. The van der Waals surface area contributed by atoms with Gasteiger partial charge in [-0.2, -0.15) is 0 Å². The van der Waals surface area contributed by atoms with Gasteiger partial charge in [0.1, 0.15) is 12.2 Å². The molecule has 0 saturated heterocycles. The molecular weight excluding hydrogens is 431 g/mol. The van der Waals surface area contributed by atoms with Crippen molar-refractivity contribution in [1.82, 2.24) is 0 Å². The largest absolute Gasteiger partial charge is 0.457 e. The van der Waals surface area contributed by atoms with E-state index in [4.69, 9.17) is 9.15 Å². The molecule has 1 aromatic heterocycles. The predicted molar refractivity (Wildman–Crippen MR) is 103 cm³/mol. The van der Waals surface area contributed by atoms with Crippen LogP contribution < -0.4 is 5.63 Å². The number of rotatable bonds is 3. The lowest BCUT2D eigenvalue weighted by molar-refractivity contribution is 0.0474. The Morgan fingerprint density at radius 1 is 1.08 bits per heavy atom. The summed E-state index contributed by atoms with van der Waals surface area (Å²) >= 11 is 2.18. The second-order valence-corrected chi connectivity index (χ2v) is 7.39. The van der Waals surface area contributed by atoms with Crippen molar-refractivity contribution in [2.24, 2.45) is 0 Å². The molecule has 0 spiro atoms. The van der Waals surface area contributed by atoms with E-state index in [1.165, 1.54) is 17.2 Å². The summed E-state index contributed by atoms with van der Waals surface area (Å²) in [6.07, 6.45) is 3.17. The summed E-state index contributed by atoms with van der Waals surface area (Å²) in [5.41, 5.74) is 3.84. The fourth-order valence-electron chi connectivity index (χ4n) is 3.23. The summed E-state index contributed by atoms with van der Waals surface area (Å²) in [6, 6.07) is 12.6. The first-order valence-corrected chi connectivity index (χ1v) is 9.19. The summed E-state index contributed by atoms with van der Waals surface area (Å²) in [5, 5.41) is 0.843. The van der Waals surface area contributed by atoms with Gasteiger partial charge in [0, 0.05) is 20.6 Å². The van der Waals surface area contributed by atoms with Gasteiger partial charge in [0.25, 0.3) is 0 Å². The Morgan fingerprint density at radius 2 is 1.80 bits per heavy atom. The fourth-order valence-corrected chi connectivity index (χ4v) is 3.59. The van der Waals surface area contributed by atoms with Crippen LogP contribution in [0, 0.1) is 3.57 Å². The summed E-state index contributed by atoms with van der Waals surface area (Å²) in [6.45, 7) is 0.0473. The number of halogens is 1. The molecule has 1 heterocycles. The topological polar surface area (TPSA) is 56.5 Å². The van der Waals surface area contributed by atoms with Crippen molar-refractivity contribution < 1.29 is 13.9 Å². The van der Waals surface area contributed by atoms with Crippen LogP contribution in [-0.2, 0) is 24.2 Å². The van der Waals surface area contributed by atoms with Gasteiger partial charge < -0.3 is 9.15 Å². The first-order chi connectivity index (χ1) is 12.1. The second kappa shape index (κ2) is 6.63. The highest BCUT2D eigenvalue weighted by Crippen LogP contribution is 2.28. The number of benzene rings is 2. The van der Waals surface area contributed by atoms with E-state index in [1.807, 2.05) is 18.2 Å². The molecule has 1 aliphatic carbocycles. The molecule has 4 rings (SSSR count). The molecule has 0 unspecified atom stereocenters. The van der Waals surface area contributed by atoms with Gasteiger partial charge in [-0.15, -0.1) is 0 Å². The van der Waals surface area contributed by atoms with E-state index >= 15 is 0 Å². The molecule has 2 aromatic carbocycles. The molecule has 25 heavy (non-hydrogen) atoms. The molecule has 126 valence electrons. The molecule has 0 radical (unpaired) electrons. The minimum absolute atomic E-state index is 0.0473. The van der Waals surface area contributed by atoms with E-state index < -0.39 is 11.6 Å². The molecule has 5 heteroatoms. The quantitative estimate of drug-likeness (QED) is 0.343. The predicted octanol–water partition coefficient (Wildman–Crippen LogP) is 4.24. The normalized spacial score (nSPS) is 13.0. The Bertz CT molecular complexity index is 1020. The maximum absolute atomic E-state index is 12.2. The average Bonchev–Trinajstić information content (AvgIpc) is 3.05. The zero-order valence-electron chi connectivity index (χ0n) is 13.4. The number of ether oxygens (including phenoxy) is 1. The smallest absolute Gasteiger partial charge is 0.338 e. The number of carbonyl (C=O) groups excluding carboxylic acids is 1. The molecule has 3 aromatic rings. The Hall–Kier alpha value is -2.15. The van der Waals surface area contributed by atoms with Crippen LogP contribution >= 0.6 is 22.6 Å². The van der Waals surface area contributed by atoms with Crippen LogP contribution in [-0.4, -0.2) is 5.97 Å². The second-order valence-electron chi connectivity index (χ2n) is 6.14. The third kappa shape index (κ3) is 3.33. The fraction of sp³-hybridized carbons (Fsp3) is 0.200. The van der Waals surface area contributed by atoms with Crippen molar-refractivity contribution in [2.75, 3.05) is 0 Å². The Kier molecular flexibility index (Phi) is 4.33. The molecule has 0 fully saturated rings. The van der Waals surface area contributed by atoms with Crippen LogP contribution in [0.1, 0.15) is 33.5 Å². The lowest BCUT2D eigenvalue weighted by Crippen LogP contribution is -2.08. The van der Waals surface area contributed by atoms with Crippen molar-refractivity contribution in [3.8, 4) is 0 Å². The lowest BCUT2D eigenvalue weighted by Gasteiger charge is -2.09. The van der Waals surface area contributed by atoms with Crippen LogP contribution in [0.3, 0.4) is 0 Å². The molecule has 0 saturated carbocycles.